The second-order valence-corrected chi connectivity index (χ2v) is 8.08. The van der Waals surface area contributed by atoms with E-state index in [1.807, 2.05) is 54.0 Å². The fourth-order valence-corrected chi connectivity index (χ4v) is 3.64. The van der Waals surface area contributed by atoms with E-state index >= 15 is 0 Å². The van der Waals surface area contributed by atoms with Crippen molar-refractivity contribution in [2.24, 2.45) is 5.92 Å². The average Bonchev–Trinajstić information content (AvgIpc) is 3.08. The topological polar surface area (TPSA) is 68.4 Å². The van der Waals surface area contributed by atoms with E-state index in [0.717, 1.165) is 17.5 Å². The van der Waals surface area contributed by atoms with Crippen LogP contribution in [0.3, 0.4) is 0 Å². The maximum atomic E-state index is 13.2. The van der Waals surface area contributed by atoms with Gasteiger partial charge < -0.3 is 9.88 Å². The molecule has 1 amide bonds. The lowest BCUT2D eigenvalue weighted by atomic mass is 10.1. The molecule has 4 aromatic rings. The van der Waals surface area contributed by atoms with E-state index in [4.69, 9.17) is 4.98 Å². The Kier molecular flexibility index (Phi) is 5.40. The summed E-state index contributed by atoms with van der Waals surface area (Å²) in [5, 5.41) is 3.44. The third-order valence-electron chi connectivity index (χ3n) is 5.32. The van der Waals surface area contributed by atoms with Crippen LogP contribution in [-0.2, 0) is 6.54 Å². The zero-order valence-electron chi connectivity index (χ0n) is 17.6. The van der Waals surface area contributed by atoms with Crippen LogP contribution in [-0.4, -0.2) is 26.4 Å². The molecule has 1 N–H and O–H groups in total. The smallest absolute Gasteiger partial charge is 0.268 e. The number of rotatable bonds is 6. The summed E-state index contributed by atoms with van der Waals surface area (Å²) in [6.07, 6.45) is 2.61. The zero-order chi connectivity index (χ0) is 21.3. The minimum absolute atomic E-state index is 0.165. The van der Waals surface area contributed by atoms with Crippen molar-refractivity contribution in [2.45, 2.75) is 33.7 Å². The minimum atomic E-state index is -0.185. The molecule has 0 bridgehead atoms. The summed E-state index contributed by atoms with van der Waals surface area (Å²) in [5.74, 6) is 0.315. The van der Waals surface area contributed by atoms with E-state index in [1.165, 1.54) is 0 Å². The molecule has 0 atom stereocenters. The van der Waals surface area contributed by atoms with Crippen molar-refractivity contribution < 1.29 is 4.79 Å². The number of aryl methyl sites for hydroxylation is 1. The van der Waals surface area contributed by atoms with E-state index < -0.39 is 0 Å². The van der Waals surface area contributed by atoms with Gasteiger partial charge in [0.15, 0.2) is 0 Å². The Hall–Kier alpha value is -3.41. The fraction of sp³-hybridized carbons (Fsp3) is 0.292. The highest BCUT2D eigenvalue weighted by Gasteiger charge is 2.20. The lowest BCUT2D eigenvalue weighted by Crippen LogP contribution is -2.27. The molecule has 6 heteroatoms. The van der Waals surface area contributed by atoms with Crippen LogP contribution in [0, 0.1) is 12.8 Å². The molecule has 0 aliphatic carbocycles. The van der Waals surface area contributed by atoms with E-state index in [2.05, 4.69) is 19.2 Å². The van der Waals surface area contributed by atoms with Gasteiger partial charge in [0, 0.05) is 19.3 Å². The van der Waals surface area contributed by atoms with Gasteiger partial charge in [-0.2, -0.15) is 0 Å². The molecular weight excluding hydrogens is 376 g/mol. The predicted molar refractivity (Wildman–Crippen MR) is 119 cm³/mol. The third-order valence-corrected chi connectivity index (χ3v) is 5.32. The quantitative estimate of drug-likeness (QED) is 0.534. The molecule has 0 saturated heterocycles. The second kappa shape index (κ2) is 8.14. The predicted octanol–water partition coefficient (Wildman–Crippen LogP) is 3.78. The lowest BCUT2D eigenvalue weighted by molar-refractivity contribution is 0.0943. The molecule has 0 fully saturated rings. The molecule has 0 radical (unpaired) electrons. The van der Waals surface area contributed by atoms with E-state index in [9.17, 15) is 9.59 Å². The van der Waals surface area contributed by atoms with Gasteiger partial charge in [-0.15, -0.1) is 0 Å². The number of amides is 1. The molecule has 6 nitrogen and oxygen atoms in total. The molecule has 0 aliphatic rings. The zero-order valence-corrected chi connectivity index (χ0v) is 17.6. The van der Waals surface area contributed by atoms with E-state index in [0.29, 0.717) is 41.4 Å². The van der Waals surface area contributed by atoms with Gasteiger partial charge >= 0.3 is 0 Å². The first-order valence-corrected chi connectivity index (χ1v) is 10.3. The van der Waals surface area contributed by atoms with Gasteiger partial charge in [-0.25, -0.2) is 4.98 Å². The van der Waals surface area contributed by atoms with Gasteiger partial charge in [-0.1, -0.05) is 50.2 Å². The maximum absolute atomic E-state index is 13.2. The van der Waals surface area contributed by atoms with Crippen molar-refractivity contribution in [1.82, 2.24) is 19.3 Å². The highest BCUT2D eigenvalue weighted by atomic mass is 16.2. The first kappa shape index (κ1) is 19.9. The molecule has 3 aromatic heterocycles. The standard InChI is InChI=1S/C24H26N4O2/c1-16(2)11-12-25-23(29)20-14-19-22(28(20)15-18-9-5-4-6-10-18)26-21-17(3)8-7-13-27(21)24(19)30/h4-10,13-14,16H,11-12,15H2,1-3H3,(H,25,29). The number of hydrogen-bond donors (Lipinski definition) is 1. The number of fused-ring (bicyclic) bond motifs is 2. The molecule has 30 heavy (non-hydrogen) atoms. The minimum Gasteiger partial charge on any atom is -0.351 e. The van der Waals surface area contributed by atoms with Gasteiger partial charge in [-0.3, -0.25) is 14.0 Å². The summed E-state index contributed by atoms with van der Waals surface area (Å²) in [4.78, 5) is 31.0. The van der Waals surface area contributed by atoms with Crippen LogP contribution in [0.1, 0.15) is 41.9 Å². The number of benzene rings is 1. The molecule has 0 aliphatic heterocycles. The molecule has 154 valence electrons. The van der Waals surface area contributed by atoms with Gasteiger partial charge in [-0.05, 0) is 42.5 Å². The summed E-state index contributed by atoms with van der Waals surface area (Å²) in [6, 6.07) is 15.3. The summed E-state index contributed by atoms with van der Waals surface area (Å²) < 4.78 is 3.40. The SMILES string of the molecule is Cc1cccn2c(=O)c3cc(C(=O)NCCC(C)C)n(Cc4ccccc4)c3nc12. The van der Waals surface area contributed by atoms with E-state index in [1.54, 1.807) is 16.7 Å². The van der Waals surface area contributed by atoms with Crippen molar-refractivity contribution in [3.05, 3.63) is 81.9 Å². The van der Waals surface area contributed by atoms with Gasteiger partial charge in [0.05, 0.1) is 5.39 Å². The van der Waals surface area contributed by atoms with Crippen LogP contribution < -0.4 is 10.9 Å². The average molecular weight is 402 g/mol. The Morgan fingerprint density at radius 3 is 2.60 bits per heavy atom. The molecule has 0 saturated carbocycles. The number of carbonyl (C=O) groups is 1. The fourth-order valence-electron chi connectivity index (χ4n) is 3.64. The Morgan fingerprint density at radius 2 is 1.87 bits per heavy atom. The van der Waals surface area contributed by atoms with Crippen LogP contribution in [0.5, 0.6) is 0 Å². The van der Waals surface area contributed by atoms with Crippen LogP contribution in [0.25, 0.3) is 16.7 Å². The molecule has 4 rings (SSSR count). The summed E-state index contributed by atoms with van der Waals surface area (Å²) in [5.41, 5.74) is 3.38. The number of aromatic nitrogens is 3. The van der Waals surface area contributed by atoms with Crippen molar-refractivity contribution in [3.8, 4) is 0 Å². The van der Waals surface area contributed by atoms with Gasteiger partial charge in [0.1, 0.15) is 17.0 Å². The van der Waals surface area contributed by atoms with Crippen molar-refractivity contribution >= 4 is 22.6 Å². The normalized spacial score (nSPS) is 11.5. The molecule has 1 aromatic carbocycles. The number of pyridine rings is 1. The first-order valence-electron chi connectivity index (χ1n) is 10.3. The Bertz CT molecular complexity index is 1270. The maximum Gasteiger partial charge on any atom is 0.268 e. The van der Waals surface area contributed by atoms with Crippen LogP contribution >= 0.6 is 0 Å². The number of nitrogens with zero attached hydrogens (tertiary/aromatic N) is 3. The molecular formula is C24H26N4O2. The molecule has 0 unspecified atom stereocenters. The van der Waals surface area contributed by atoms with Crippen molar-refractivity contribution in [3.63, 3.8) is 0 Å². The lowest BCUT2D eigenvalue weighted by Gasteiger charge is -2.12. The summed E-state index contributed by atoms with van der Waals surface area (Å²) in [7, 11) is 0. The largest absolute Gasteiger partial charge is 0.351 e. The molecule has 0 spiro atoms. The van der Waals surface area contributed by atoms with Crippen LogP contribution in [0.4, 0.5) is 0 Å². The Balaban J connectivity index is 1.88. The van der Waals surface area contributed by atoms with Crippen molar-refractivity contribution in [1.29, 1.82) is 0 Å². The monoisotopic (exact) mass is 402 g/mol. The second-order valence-electron chi connectivity index (χ2n) is 8.08. The number of hydrogen-bond acceptors (Lipinski definition) is 3. The van der Waals surface area contributed by atoms with Crippen molar-refractivity contribution in [2.75, 3.05) is 6.54 Å². The summed E-state index contributed by atoms with van der Waals surface area (Å²) >= 11 is 0. The van der Waals surface area contributed by atoms with Crippen LogP contribution in [0.15, 0.2) is 59.5 Å². The van der Waals surface area contributed by atoms with Gasteiger partial charge in [0.25, 0.3) is 11.5 Å². The third kappa shape index (κ3) is 3.73. The van der Waals surface area contributed by atoms with Gasteiger partial charge in [0.2, 0.25) is 0 Å². The van der Waals surface area contributed by atoms with Crippen LogP contribution in [0.2, 0.25) is 0 Å². The number of carbonyl (C=O) groups excluding carboxylic acids is 1. The highest BCUT2D eigenvalue weighted by molar-refractivity contribution is 5.98. The molecule has 3 heterocycles. The highest BCUT2D eigenvalue weighted by Crippen LogP contribution is 2.19. The van der Waals surface area contributed by atoms with E-state index in [-0.39, 0.29) is 11.5 Å². The number of nitrogens with one attached hydrogen (secondary N) is 1. The Morgan fingerprint density at radius 1 is 1.10 bits per heavy atom. The Labute approximate surface area is 175 Å². The summed E-state index contributed by atoms with van der Waals surface area (Å²) in [6.45, 7) is 7.23. The first-order chi connectivity index (χ1) is 14.5.